The maximum absolute atomic E-state index is 11.5. The summed E-state index contributed by atoms with van der Waals surface area (Å²) in [5, 5.41) is 10.7. The number of hydrogen-bond acceptors (Lipinski definition) is 7. The van der Waals surface area contributed by atoms with Crippen molar-refractivity contribution in [2.45, 2.75) is 37.0 Å². The molecule has 0 bridgehead atoms. The highest BCUT2D eigenvalue weighted by atomic mass is 32.2. The molecule has 2 heterocycles. The van der Waals surface area contributed by atoms with Crippen molar-refractivity contribution in [1.29, 1.82) is 0 Å². The average molecular weight is 295 g/mol. The van der Waals surface area contributed by atoms with Gasteiger partial charge in [-0.25, -0.2) is 14.9 Å². The molecule has 20 heavy (non-hydrogen) atoms. The van der Waals surface area contributed by atoms with E-state index in [1.54, 1.807) is 6.07 Å². The fraction of sp³-hybridized carbons (Fsp3) is 0.455. The number of nitrogens with one attached hydrogen (secondary N) is 2. The van der Waals surface area contributed by atoms with Crippen molar-refractivity contribution in [3.63, 3.8) is 0 Å². The highest BCUT2D eigenvalue weighted by molar-refractivity contribution is 7.99. The zero-order valence-electron chi connectivity index (χ0n) is 11.4. The van der Waals surface area contributed by atoms with Crippen LogP contribution in [0.15, 0.2) is 21.0 Å². The molecule has 9 heteroatoms. The topological polar surface area (TPSA) is 115 Å². The van der Waals surface area contributed by atoms with Gasteiger partial charge in [-0.2, -0.15) is 4.98 Å². The molecule has 0 fully saturated rings. The van der Waals surface area contributed by atoms with Gasteiger partial charge in [-0.05, 0) is 25.1 Å². The number of nitrogen functional groups attached to an aromatic ring is 1. The first kappa shape index (κ1) is 14.4. The second-order valence-corrected chi connectivity index (χ2v) is 5.02. The Kier molecular flexibility index (Phi) is 4.61. The highest BCUT2D eigenvalue weighted by Crippen LogP contribution is 2.25. The Morgan fingerprint density at radius 1 is 1.45 bits per heavy atom. The van der Waals surface area contributed by atoms with Gasteiger partial charge in [0.1, 0.15) is 10.8 Å². The SMILES string of the molecule is CCCNc1cc(Sc2n[nH]c(=O)n2CC)nc(N)n1. The third-order valence-corrected chi connectivity index (χ3v) is 3.42. The van der Waals surface area contributed by atoms with Crippen molar-refractivity contribution in [1.82, 2.24) is 24.7 Å². The van der Waals surface area contributed by atoms with E-state index in [1.165, 1.54) is 16.3 Å². The van der Waals surface area contributed by atoms with Crippen molar-refractivity contribution in [3.05, 3.63) is 16.6 Å². The summed E-state index contributed by atoms with van der Waals surface area (Å²) in [4.78, 5) is 19.7. The third kappa shape index (κ3) is 3.29. The molecule has 0 radical (unpaired) electrons. The number of hydrogen-bond donors (Lipinski definition) is 3. The van der Waals surface area contributed by atoms with Gasteiger partial charge in [0.25, 0.3) is 0 Å². The summed E-state index contributed by atoms with van der Waals surface area (Å²) >= 11 is 1.27. The standard InChI is InChI=1S/C11H17N7OS/c1-3-5-13-7-6-8(15-9(12)14-7)20-11-17-16-10(19)18(11)4-2/h6H,3-5H2,1-2H3,(H,16,19)(H3,12,13,14,15). The number of aromatic amines is 1. The summed E-state index contributed by atoms with van der Waals surface area (Å²) < 4.78 is 1.53. The fourth-order valence-electron chi connectivity index (χ4n) is 1.59. The molecule has 0 aliphatic rings. The molecule has 0 unspecified atom stereocenters. The first-order valence-corrected chi connectivity index (χ1v) is 7.17. The van der Waals surface area contributed by atoms with Crippen molar-refractivity contribution in [2.24, 2.45) is 0 Å². The van der Waals surface area contributed by atoms with Crippen LogP contribution in [-0.2, 0) is 6.54 Å². The van der Waals surface area contributed by atoms with Crippen molar-refractivity contribution >= 4 is 23.5 Å². The van der Waals surface area contributed by atoms with Gasteiger partial charge in [-0.1, -0.05) is 6.92 Å². The summed E-state index contributed by atoms with van der Waals surface area (Å²) in [6.07, 6.45) is 0.987. The molecule has 2 aromatic rings. The fourth-order valence-corrected chi connectivity index (χ4v) is 2.50. The quantitative estimate of drug-likeness (QED) is 0.679. The number of anilines is 2. The van der Waals surface area contributed by atoms with Gasteiger partial charge in [0.05, 0.1) is 0 Å². The van der Waals surface area contributed by atoms with Gasteiger partial charge < -0.3 is 11.1 Å². The first-order chi connectivity index (χ1) is 9.63. The molecule has 0 aliphatic heterocycles. The largest absolute Gasteiger partial charge is 0.370 e. The molecular formula is C11H17N7OS. The van der Waals surface area contributed by atoms with Crippen LogP contribution in [0.1, 0.15) is 20.3 Å². The minimum absolute atomic E-state index is 0.189. The predicted molar refractivity (Wildman–Crippen MR) is 77.9 cm³/mol. The molecule has 0 spiro atoms. The monoisotopic (exact) mass is 295 g/mol. The molecule has 0 aliphatic carbocycles. The Labute approximate surface area is 120 Å². The Balaban J connectivity index is 2.24. The van der Waals surface area contributed by atoms with E-state index in [4.69, 9.17) is 5.73 Å². The van der Waals surface area contributed by atoms with Gasteiger partial charge in [-0.3, -0.25) is 4.57 Å². The van der Waals surface area contributed by atoms with E-state index in [1.807, 2.05) is 6.92 Å². The van der Waals surface area contributed by atoms with Crippen LogP contribution in [0, 0.1) is 0 Å². The number of aromatic nitrogens is 5. The molecule has 8 nitrogen and oxygen atoms in total. The van der Waals surface area contributed by atoms with Crippen LogP contribution in [0.4, 0.5) is 11.8 Å². The number of H-pyrrole nitrogens is 1. The lowest BCUT2D eigenvalue weighted by Gasteiger charge is -2.07. The summed E-state index contributed by atoms with van der Waals surface area (Å²) in [5.74, 6) is 0.859. The lowest BCUT2D eigenvalue weighted by atomic mass is 10.4. The third-order valence-electron chi connectivity index (χ3n) is 2.51. The van der Waals surface area contributed by atoms with E-state index in [0.29, 0.717) is 22.5 Å². The summed E-state index contributed by atoms with van der Waals surface area (Å²) in [5.41, 5.74) is 5.45. The lowest BCUT2D eigenvalue weighted by molar-refractivity contribution is 0.660. The number of nitrogens with two attached hydrogens (primary N) is 1. The predicted octanol–water partition coefficient (Wildman–Crippen LogP) is 0.937. The van der Waals surface area contributed by atoms with E-state index in [-0.39, 0.29) is 11.6 Å². The molecule has 0 amide bonds. The highest BCUT2D eigenvalue weighted by Gasteiger charge is 2.11. The second-order valence-electron chi connectivity index (χ2n) is 4.03. The lowest BCUT2D eigenvalue weighted by Crippen LogP contribution is -2.16. The minimum atomic E-state index is -0.235. The Hall–Kier alpha value is -2.03. The molecule has 0 atom stereocenters. The van der Waals surface area contributed by atoms with Gasteiger partial charge in [0.15, 0.2) is 5.16 Å². The zero-order valence-corrected chi connectivity index (χ0v) is 12.2. The van der Waals surface area contributed by atoms with Crippen molar-refractivity contribution < 1.29 is 0 Å². The zero-order chi connectivity index (χ0) is 14.5. The molecular weight excluding hydrogens is 278 g/mol. The first-order valence-electron chi connectivity index (χ1n) is 6.35. The van der Waals surface area contributed by atoms with Gasteiger partial charge >= 0.3 is 5.69 Å². The van der Waals surface area contributed by atoms with Crippen LogP contribution in [0.3, 0.4) is 0 Å². The summed E-state index contributed by atoms with van der Waals surface area (Å²) in [6, 6.07) is 1.79. The summed E-state index contributed by atoms with van der Waals surface area (Å²) in [7, 11) is 0. The maximum atomic E-state index is 11.5. The Morgan fingerprint density at radius 3 is 2.95 bits per heavy atom. The molecule has 4 N–H and O–H groups in total. The average Bonchev–Trinajstić information content (AvgIpc) is 2.76. The van der Waals surface area contributed by atoms with Gasteiger partial charge in [0.2, 0.25) is 5.95 Å². The van der Waals surface area contributed by atoms with Crippen LogP contribution in [0.5, 0.6) is 0 Å². The van der Waals surface area contributed by atoms with Crippen molar-refractivity contribution in [3.8, 4) is 0 Å². The van der Waals surface area contributed by atoms with Crippen LogP contribution < -0.4 is 16.7 Å². The summed E-state index contributed by atoms with van der Waals surface area (Å²) in [6.45, 7) is 5.29. The van der Waals surface area contributed by atoms with Crippen LogP contribution in [-0.4, -0.2) is 31.3 Å². The second kappa shape index (κ2) is 6.42. The van der Waals surface area contributed by atoms with E-state index in [2.05, 4.69) is 32.4 Å². The minimum Gasteiger partial charge on any atom is -0.370 e. The Morgan fingerprint density at radius 2 is 2.25 bits per heavy atom. The van der Waals surface area contributed by atoms with Crippen LogP contribution >= 0.6 is 11.8 Å². The van der Waals surface area contributed by atoms with Gasteiger partial charge in [0, 0.05) is 19.2 Å². The van der Waals surface area contributed by atoms with Crippen LogP contribution in [0.2, 0.25) is 0 Å². The molecule has 2 aromatic heterocycles. The molecule has 0 saturated heterocycles. The van der Waals surface area contributed by atoms with Crippen molar-refractivity contribution in [2.75, 3.05) is 17.6 Å². The smallest absolute Gasteiger partial charge is 0.343 e. The van der Waals surface area contributed by atoms with Gasteiger partial charge in [-0.15, -0.1) is 5.10 Å². The van der Waals surface area contributed by atoms with E-state index in [0.717, 1.165) is 13.0 Å². The van der Waals surface area contributed by atoms with Crippen LogP contribution in [0.25, 0.3) is 0 Å². The maximum Gasteiger partial charge on any atom is 0.343 e. The molecule has 2 rings (SSSR count). The van der Waals surface area contributed by atoms with E-state index in [9.17, 15) is 4.79 Å². The molecule has 108 valence electrons. The molecule has 0 saturated carbocycles. The number of rotatable bonds is 6. The molecule has 0 aromatic carbocycles. The van der Waals surface area contributed by atoms with E-state index >= 15 is 0 Å². The number of nitrogens with zero attached hydrogens (tertiary/aromatic N) is 4. The normalized spacial score (nSPS) is 10.7. The Bertz CT molecular complexity index is 636. The van der Waals surface area contributed by atoms with E-state index < -0.39 is 0 Å².